The molecule has 0 saturated heterocycles. The molecule has 19 heavy (non-hydrogen) atoms. The van der Waals surface area contributed by atoms with Crippen LogP contribution in [0, 0.1) is 6.92 Å². The number of aryl methyl sites for hydroxylation is 1. The van der Waals surface area contributed by atoms with Crippen LogP contribution >= 0.6 is 0 Å². The van der Waals surface area contributed by atoms with Gasteiger partial charge in [-0.25, -0.2) is 0 Å². The second-order valence-corrected chi connectivity index (χ2v) is 4.38. The SMILES string of the molecule is Cc1ccc(C(=O)COc2cccc(CO)c2)cc1. The highest BCUT2D eigenvalue weighted by atomic mass is 16.5. The molecule has 0 unspecified atom stereocenters. The van der Waals surface area contributed by atoms with E-state index in [-0.39, 0.29) is 19.0 Å². The molecular formula is C16H16O3. The topological polar surface area (TPSA) is 46.5 Å². The summed E-state index contributed by atoms with van der Waals surface area (Å²) in [5, 5.41) is 9.02. The number of aliphatic hydroxyl groups excluding tert-OH is 1. The van der Waals surface area contributed by atoms with Crippen LogP contribution in [0.2, 0.25) is 0 Å². The Kier molecular flexibility index (Phi) is 4.31. The number of hydrogen-bond acceptors (Lipinski definition) is 3. The molecule has 0 radical (unpaired) electrons. The molecule has 0 amide bonds. The zero-order valence-corrected chi connectivity index (χ0v) is 10.8. The Balaban J connectivity index is 1.98. The lowest BCUT2D eigenvalue weighted by Gasteiger charge is -2.07. The maximum absolute atomic E-state index is 11.9. The van der Waals surface area contributed by atoms with Gasteiger partial charge in [-0.1, -0.05) is 42.0 Å². The van der Waals surface area contributed by atoms with Gasteiger partial charge < -0.3 is 9.84 Å². The van der Waals surface area contributed by atoms with Gasteiger partial charge in [-0.05, 0) is 24.6 Å². The van der Waals surface area contributed by atoms with Gasteiger partial charge in [0.15, 0.2) is 12.4 Å². The average molecular weight is 256 g/mol. The molecule has 2 rings (SSSR count). The highest BCUT2D eigenvalue weighted by Gasteiger charge is 2.06. The summed E-state index contributed by atoms with van der Waals surface area (Å²) in [7, 11) is 0. The molecular weight excluding hydrogens is 240 g/mol. The van der Waals surface area contributed by atoms with E-state index in [0.717, 1.165) is 11.1 Å². The van der Waals surface area contributed by atoms with E-state index in [2.05, 4.69) is 0 Å². The number of Topliss-reactive ketones (excluding diaryl/α,β-unsaturated/α-hetero) is 1. The van der Waals surface area contributed by atoms with Gasteiger partial charge in [0, 0.05) is 5.56 Å². The van der Waals surface area contributed by atoms with Crippen molar-refractivity contribution in [2.24, 2.45) is 0 Å². The van der Waals surface area contributed by atoms with Crippen molar-refractivity contribution in [1.29, 1.82) is 0 Å². The minimum Gasteiger partial charge on any atom is -0.485 e. The van der Waals surface area contributed by atoms with Gasteiger partial charge in [-0.3, -0.25) is 4.79 Å². The number of hydrogen-bond donors (Lipinski definition) is 1. The molecule has 1 N–H and O–H groups in total. The summed E-state index contributed by atoms with van der Waals surface area (Å²) < 4.78 is 5.43. The van der Waals surface area contributed by atoms with Gasteiger partial charge in [0.2, 0.25) is 0 Å². The molecule has 0 fully saturated rings. The fourth-order valence-corrected chi connectivity index (χ4v) is 1.71. The Bertz CT molecular complexity index is 558. The molecule has 3 heteroatoms. The number of ketones is 1. The minimum absolute atomic E-state index is 0.00204. The van der Waals surface area contributed by atoms with Crippen LogP contribution in [0.15, 0.2) is 48.5 Å². The average Bonchev–Trinajstić information content (AvgIpc) is 2.46. The predicted molar refractivity (Wildman–Crippen MR) is 73.4 cm³/mol. The van der Waals surface area contributed by atoms with Gasteiger partial charge in [0.25, 0.3) is 0 Å². The number of ether oxygens (including phenoxy) is 1. The van der Waals surface area contributed by atoms with E-state index in [0.29, 0.717) is 11.3 Å². The lowest BCUT2D eigenvalue weighted by atomic mass is 10.1. The van der Waals surface area contributed by atoms with Crippen LogP contribution in [0.25, 0.3) is 0 Å². The number of aliphatic hydroxyl groups is 1. The highest BCUT2D eigenvalue weighted by molar-refractivity contribution is 5.97. The number of benzene rings is 2. The Hall–Kier alpha value is -2.13. The molecule has 0 atom stereocenters. The molecule has 0 saturated carbocycles. The molecule has 0 bridgehead atoms. The van der Waals surface area contributed by atoms with Crippen molar-refractivity contribution < 1.29 is 14.6 Å². The summed E-state index contributed by atoms with van der Waals surface area (Å²) in [5.41, 5.74) is 2.53. The molecule has 2 aromatic rings. The normalized spacial score (nSPS) is 10.2. The smallest absolute Gasteiger partial charge is 0.200 e. The Labute approximate surface area is 112 Å². The summed E-state index contributed by atoms with van der Waals surface area (Å²) in [6.45, 7) is 1.94. The summed E-state index contributed by atoms with van der Waals surface area (Å²) in [6.07, 6.45) is 0. The van der Waals surface area contributed by atoms with E-state index in [9.17, 15) is 4.79 Å². The van der Waals surface area contributed by atoms with Crippen molar-refractivity contribution in [3.8, 4) is 5.75 Å². The maximum atomic E-state index is 11.9. The van der Waals surface area contributed by atoms with Gasteiger partial charge in [-0.2, -0.15) is 0 Å². The monoisotopic (exact) mass is 256 g/mol. The summed E-state index contributed by atoms with van der Waals surface area (Å²) in [5.74, 6) is 0.529. The first-order valence-corrected chi connectivity index (χ1v) is 6.11. The van der Waals surface area contributed by atoms with Crippen molar-refractivity contribution in [3.63, 3.8) is 0 Å². The molecule has 0 heterocycles. The van der Waals surface area contributed by atoms with E-state index in [4.69, 9.17) is 9.84 Å². The van der Waals surface area contributed by atoms with Gasteiger partial charge in [-0.15, -0.1) is 0 Å². The van der Waals surface area contributed by atoms with Crippen molar-refractivity contribution in [2.75, 3.05) is 6.61 Å². The van der Waals surface area contributed by atoms with Crippen molar-refractivity contribution >= 4 is 5.78 Å². The first-order chi connectivity index (χ1) is 9.19. The standard InChI is InChI=1S/C16H16O3/c1-12-5-7-14(8-6-12)16(18)11-19-15-4-2-3-13(9-15)10-17/h2-9,17H,10-11H2,1H3. The van der Waals surface area contributed by atoms with Crippen molar-refractivity contribution in [1.82, 2.24) is 0 Å². The minimum atomic E-state index is -0.0607. The van der Waals surface area contributed by atoms with Crippen molar-refractivity contribution in [2.45, 2.75) is 13.5 Å². The Morgan fingerprint density at radius 1 is 1.16 bits per heavy atom. The molecule has 3 nitrogen and oxygen atoms in total. The highest BCUT2D eigenvalue weighted by Crippen LogP contribution is 2.14. The van der Waals surface area contributed by atoms with Crippen LogP contribution in [-0.4, -0.2) is 17.5 Å². The largest absolute Gasteiger partial charge is 0.485 e. The van der Waals surface area contributed by atoms with Crippen LogP contribution in [0.5, 0.6) is 5.75 Å². The number of carbonyl (C=O) groups is 1. The third-order valence-corrected chi connectivity index (χ3v) is 2.82. The van der Waals surface area contributed by atoms with Crippen molar-refractivity contribution in [3.05, 3.63) is 65.2 Å². The first-order valence-electron chi connectivity index (χ1n) is 6.11. The summed E-state index contributed by atoms with van der Waals surface area (Å²) in [4.78, 5) is 11.9. The fourth-order valence-electron chi connectivity index (χ4n) is 1.71. The molecule has 0 aliphatic heterocycles. The lowest BCUT2D eigenvalue weighted by molar-refractivity contribution is 0.0921. The fraction of sp³-hybridized carbons (Fsp3) is 0.188. The summed E-state index contributed by atoms with van der Waals surface area (Å²) >= 11 is 0. The lowest BCUT2D eigenvalue weighted by Crippen LogP contribution is -2.11. The molecule has 0 aliphatic rings. The summed E-state index contributed by atoms with van der Waals surface area (Å²) in [6, 6.07) is 14.5. The molecule has 0 aromatic heterocycles. The Morgan fingerprint density at radius 2 is 1.89 bits per heavy atom. The molecule has 0 aliphatic carbocycles. The molecule has 98 valence electrons. The second kappa shape index (κ2) is 6.16. The van der Waals surface area contributed by atoms with Crippen LogP contribution in [0.4, 0.5) is 0 Å². The first kappa shape index (κ1) is 13.3. The van der Waals surface area contributed by atoms with Gasteiger partial charge in [0.05, 0.1) is 6.61 Å². The van der Waals surface area contributed by atoms with E-state index < -0.39 is 0 Å². The predicted octanol–water partition coefficient (Wildman–Crippen LogP) is 2.75. The van der Waals surface area contributed by atoms with Crippen LogP contribution < -0.4 is 4.74 Å². The van der Waals surface area contributed by atoms with E-state index >= 15 is 0 Å². The zero-order chi connectivity index (χ0) is 13.7. The van der Waals surface area contributed by atoms with Gasteiger partial charge >= 0.3 is 0 Å². The molecule has 2 aromatic carbocycles. The van der Waals surface area contributed by atoms with E-state index in [1.165, 1.54) is 0 Å². The van der Waals surface area contributed by atoms with E-state index in [1.54, 1.807) is 36.4 Å². The quantitative estimate of drug-likeness (QED) is 0.837. The third-order valence-electron chi connectivity index (χ3n) is 2.82. The number of carbonyl (C=O) groups excluding carboxylic acids is 1. The van der Waals surface area contributed by atoms with Gasteiger partial charge in [0.1, 0.15) is 5.75 Å². The zero-order valence-electron chi connectivity index (χ0n) is 10.8. The van der Waals surface area contributed by atoms with E-state index in [1.807, 2.05) is 19.1 Å². The van der Waals surface area contributed by atoms with Crippen LogP contribution in [0.1, 0.15) is 21.5 Å². The third kappa shape index (κ3) is 3.66. The van der Waals surface area contributed by atoms with Crippen LogP contribution in [0.3, 0.4) is 0 Å². The Morgan fingerprint density at radius 3 is 2.58 bits per heavy atom. The maximum Gasteiger partial charge on any atom is 0.200 e. The molecule has 0 spiro atoms. The second-order valence-electron chi connectivity index (χ2n) is 4.38. The number of rotatable bonds is 5. The van der Waals surface area contributed by atoms with Crippen LogP contribution in [-0.2, 0) is 6.61 Å².